The zero-order chi connectivity index (χ0) is 28.3. The Hall–Kier alpha value is -4.60. The van der Waals surface area contributed by atoms with E-state index in [2.05, 4.69) is 34.7 Å². The molecule has 7 rings (SSSR count). The Morgan fingerprint density at radius 3 is 2.31 bits per heavy atom. The third-order valence-electron chi connectivity index (χ3n) is 6.92. The van der Waals surface area contributed by atoms with Crippen molar-refractivity contribution >= 4 is 21.9 Å². The number of benzene rings is 3. The molecule has 0 saturated heterocycles. The zero-order valence-electron chi connectivity index (χ0n) is 23.2. The molecule has 42 heavy (non-hydrogen) atoms. The van der Waals surface area contributed by atoms with Gasteiger partial charge < -0.3 is 14.1 Å². The van der Waals surface area contributed by atoms with E-state index in [1.54, 1.807) is 36.5 Å². The van der Waals surface area contributed by atoms with E-state index in [1.165, 1.54) is 11.1 Å². The molecule has 3 aromatic heterocycles. The first-order valence-electron chi connectivity index (χ1n) is 13.4. The minimum Gasteiger partial charge on any atom is -0.500 e. The fraction of sp³-hybridized carbons (Fsp3) is 0.0833. The number of fused-ring (bicyclic) bond motifs is 3. The van der Waals surface area contributed by atoms with Gasteiger partial charge >= 0.3 is 0 Å². The monoisotopic (exact) mass is 730 g/mol. The molecule has 0 radical (unpaired) electrons. The van der Waals surface area contributed by atoms with Gasteiger partial charge in [0, 0.05) is 39.0 Å². The van der Waals surface area contributed by atoms with Crippen molar-refractivity contribution in [3.8, 4) is 28.3 Å². The van der Waals surface area contributed by atoms with Crippen LogP contribution < -0.4 is 10.2 Å². The van der Waals surface area contributed by atoms with Gasteiger partial charge in [0.1, 0.15) is 17.1 Å². The molecule has 6 aromatic rings. The second-order valence-corrected chi connectivity index (χ2v) is 9.93. The van der Waals surface area contributed by atoms with E-state index in [9.17, 15) is 4.79 Å². The van der Waals surface area contributed by atoms with E-state index in [0.29, 0.717) is 21.9 Å². The minimum atomic E-state index is -0.0285. The fourth-order valence-electron chi connectivity index (χ4n) is 4.66. The van der Waals surface area contributed by atoms with E-state index >= 15 is 0 Å². The van der Waals surface area contributed by atoms with Crippen LogP contribution in [0.4, 0.5) is 0 Å². The van der Waals surface area contributed by atoms with Crippen molar-refractivity contribution in [3.05, 3.63) is 149 Å². The number of hydrogen-bond acceptors (Lipinski definition) is 5. The Balaban J connectivity index is 0.000000166. The molecule has 1 aliphatic heterocycles. The third kappa shape index (κ3) is 6.02. The summed E-state index contributed by atoms with van der Waals surface area (Å²) in [7, 11) is 0. The predicted octanol–water partition coefficient (Wildman–Crippen LogP) is 8.18. The van der Waals surface area contributed by atoms with Crippen LogP contribution in [0.2, 0.25) is 0 Å². The first-order valence-corrected chi connectivity index (χ1v) is 13.4. The van der Waals surface area contributed by atoms with Crippen molar-refractivity contribution in [2.24, 2.45) is 0 Å². The number of para-hydroxylation sites is 1. The van der Waals surface area contributed by atoms with E-state index in [0.717, 1.165) is 46.0 Å². The Bertz CT molecular complexity index is 1990. The average molecular weight is 731 g/mol. The Labute approximate surface area is 258 Å². The molecule has 4 heterocycles. The van der Waals surface area contributed by atoms with Crippen LogP contribution in [-0.2, 0) is 27.5 Å². The second kappa shape index (κ2) is 12.5. The molecular formula is C36H27N2O3Pt-. The van der Waals surface area contributed by atoms with Crippen LogP contribution in [0.5, 0.6) is 5.75 Å². The number of aryl methyl sites for hydroxylation is 2. The number of nitrogens with zero attached hydrogens (tertiary/aromatic N) is 2. The summed E-state index contributed by atoms with van der Waals surface area (Å²) in [5.74, 6) is 1.74. The largest absolute Gasteiger partial charge is 0.500 e. The number of allylic oxidation sites excluding steroid dienone is 2. The zero-order valence-corrected chi connectivity index (χ0v) is 25.4. The fourth-order valence-corrected chi connectivity index (χ4v) is 4.66. The van der Waals surface area contributed by atoms with Crippen molar-refractivity contribution in [1.82, 2.24) is 9.97 Å². The van der Waals surface area contributed by atoms with Crippen LogP contribution in [-0.4, -0.2) is 9.97 Å². The maximum Gasteiger partial charge on any atom is 0.182 e. The third-order valence-corrected chi connectivity index (χ3v) is 6.92. The maximum absolute atomic E-state index is 12.6. The summed E-state index contributed by atoms with van der Waals surface area (Å²) in [5, 5.41) is 1.14. The summed E-state index contributed by atoms with van der Waals surface area (Å²) < 4.78 is 11.5. The smallest absolute Gasteiger partial charge is 0.182 e. The van der Waals surface area contributed by atoms with Gasteiger partial charge in [-0.25, -0.2) is 0 Å². The van der Waals surface area contributed by atoms with Gasteiger partial charge in [-0.15, -0.1) is 23.8 Å². The molecule has 5 nitrogen and oxygen atoms in total. The van der Waals surface area contributed by atoms with Crippen LogP contribution in [0.3, 0.4) is 0 Å². The molecule has 0 saturated carbocycles. The molecule has 0 N–H and O–H groups in total. The summed E-state index contributed by atoms with van der Waals surface area (Å²) in [6.07, 6.45) is 8.34. The maximum atomic E-state index is 12.6. The average Bonchev–Trinajstić information content (AvgIpc) is 3.02. The number of aromatic nitrogens is 2. The molecule has 0 fully saturated rings. The van der Waals surface area contributed by atoms with Crippen molar-refractivity contribution in [2.45, 2.75) is 20.3 Å². The van der Waals surface area contributed by atoms with Gasteiger partial charge in [-0.3, -0.25) is 9.78 Å². The van der Waals surface area contributed by atoms with E-state index in [1.807, 2.05) is 68.6 Å². The molecule has 0 atom stereocenters. The number of ether oxygens (including phenoxy) is 1. The van der Waals surface area contributed by atoms with Crippen molar-refractivity contribution in [3.63, 3.8) is 0 Å². The molecule has 210 valence electrons. The van der Waals surface area contributed by atoms with E-state index in [4.69, 9.17) is 9.15 Å². The molecule has 0 aliphatic carbocycles. The van der Waals surface area contributed by atoms with E-state index in [-0.39, 0.29) is 26.5 Å². The summed E-state index contributed by atoms with van der Waals surface area (Å²) in [5.41, 5.74) is 8.25. The number of rotatable bonds is 3. The van der Waals surface area contributed by atoms with Gasteiger partial charge in [0.05, 0.1) is 16.7 Å². The predicted molar refractivity (Wildman–Crippen MR) is 164 cm³/mol. The second-order valence-electron chi connectivity index (χ2n) is 9.93. The Morgan fingerprint density at radius 2 is 1.60 bits per heavy atom. The van der Waals surface area contributed by atoms with Crippen molar-refractivity contribution < 1.29 is 30.2 Å². The van der Waals surface area contributed by atoms with Crippen LogP contribution in [0.15, 0.2) is 125 Å². The van der Waals surface area contributed by atoms with Crippen molar-refractivity contribution in [1.29, 1.82) is 0 Å². The molecule has 1 aliphatic rings. The van der Waals surface area contributed by atoms with Gasteiger partial charge in [-0.2, -0.15) is 0 Å². The van der Waals surface area contributed by atoms with Crippen LogP contribution in [0.1, 0.15) is 16.7 Å². The number of hydrogen-bond donors (Lipinski definition) is 0. The topological polar surface area (TPSA) is 65.2 Å². The Morgan fingerprint density at radius 1 is 0.857 bits per heavy atom. The minimum absolute atomic E-state index is 0. The van der Waals surface area contributed by atoms with Gasteiger partial charge in [0.2, 0.25) is 0 Å². The first-order chi connectivity index (χ1) is 20.0. The quantitative estimate of drug-likeness (QED) is 0.136. The molecule has 0 unspecified atom stereocenters. The van der Waals surface area contributed by atoms with Crippen LogP contribution in [0, 0.1) is 19.9 Å². The standard InChI is InChI=1S/C19H12NO2.C17H15NO.Pt/c1-12-6-8-16(20-11-12)13-7-9-18-15(10-13)19(21)14-4-2-3-5-17(14)22-18;1-3-15-7-5-14-10-13(6-9-17(14)19-15)16-8-4-12(2)11-18-16;/h2-6,8-11H,1H3;3-4,6-11H,1,5H2,2H3;/q-1;;. The van der Waals surface area contributed by atoms with Gasteiger partial charge in [-0.05, 0) is 96.6 Å². The molecule has 0 amide bonds. The van der Waals surface area contributed by atoms with Crippen LogP contribution >= 0.6 is 0 Å². The van der Waals surface area contributed by atoms with Crippen molar-refractivity contribution in [2.75, 3.05) is 0 Å². The van der Waals surface area contributed by atoms with E-state index < -0.39 is 0 Å². The van der Waals surface area contributed by atoms with Gasteiger partial charge in [-0.1, -0.05) is 36.9 Å². The molecule has 6 heteroatoms. The molecule has 3 aromatic carbocycles. The number of pyridine rings is 2. The normalized spacial score (nSPS) is 11.8. The van der Waals surface area contributed by atoms with Gasteiger partial charge in [0.15, 0.2) is 5.43 Å². The Kier molecular flexibility index (Phi) is 8.61. The summed E-state index contributed by atoms with van der Waals surface area (Å²) in [4.78, 5) is 21.5. The first kappa shape index (κ1) is 28.9. The molecular weight excluding hydrogens is 703 g/mol. The van der Waals surface area contributed by atoms with Gasteiger partial charge in [0.25, 0.3) is 0 Å². The van der Waals surface area contributed by atoms with Crippen LogP contribution in [0.25, 0.3) is 44.5 Å². The SMILES string of the molecule is C=CC1=CCc2cc(-c3ccc(C)cn3)ccc2O1.Cc1ccc(-c2[c-]cc3oc4ccccc4c(=O)c3c2)nc1.[Pt]. The molecule has 0 spiro atoms. The summed E-state index contributed by atoms with van der Waals surface area (Å²) >= 11 is 0. The molecule has 0 bridgehead atoms. The summed E-state index contributed by atoms with van der Waals surface area (Å²) in [6.45, 7) is 7.76. The summed E-state index contributed by atoms with van der Waals surface area (Å²) in [6, 6.07) is 28.1.